The number of carbonyl (C=O) groups excluding carboxylic acids is 1. The number of hydrogen-bond donors (Lipinski definition) is 3. The van der Waals surface area contributed by atoms with Crippen LogP contribution in [0.2, 0.25) is 0 Å². The second-order valence-corrected chi connectivity index (χ2v) is 7.05. The Kier molecular flexibility index (Phi) is 6.42. The lowest BCUT2D eigenvalue weighted by molar-refractivity contribution is -0.116. The molecular weight excluding hydrogens is 356 g/mol. The number of ketones is 1. The first-order chi connectivity index (χ1) is 13.5. The van der Waals surface area contributed by atoms with Crippen LogP contribution in [0.4, 0.5) is 5.69 Å². The van der Waals surface area contributed by atoms with E-state index in [2.05, 4.69) is 11.0 Å². The Balaban J connectivity index is 1.81. The minimum atomic E-state index is -1.29. The number of anilines is 1. The molecule has 1 aliphatic rings. The summed E-state index contributed by atoms with van der Waals surface area (Å²) in [7, 11) is 0. The number of nitrogens with zero attached hydrogens (tertiary/aromatic N) is 2. The fourth-order valence-corrected chi connectivity index (χ4v) is 3.27. The normalized spacial score (nSPS) is 16.4. The van der Waals surface area contributed by atoms with Crippen molar-refractivity contribution in [2.24, 2.45) is 0 Å². The zero-order chi connectivity index (χ0) is 20.1. The molecule has 1 aliphatic heterocycles. The predicted molar refractivity (Wildman–Crippen MR) is 108 cm³/mol. The summed E-state index contributed by atoms with van der Waals surface area (Å²) in [6.45, 7) is 1.49. The zero-order valence-electron chi connectivity index (χ0n) is 15.6. The van der Waals surface area contributed by atoms with Gasteiger partial charge >= 0.3 is 0 Å². The van der Waals surface area contributed by atoms with E-state index in [1.807, 2.05) is 36.4 Å². The molecule has 0 spiro atoms. The van der Waals surface area contributed by atoms with E-state index >= 15 is 0 Å². The Morgan fingerprint density at radius 1 is 1.21 bits per heavy atom. The molecule has 6 heteroatoms. The molecule has 1 heterocycles. The van der Waals surface area contributed by atoms with Crippen LogP contribution in [0.25, 0.3) is 16.8 Å². The summed E-state index contributed by atoms with van der Waals surface area (Å²) in [5.41, 5.74) is 1.93. The van der Waals surface area contributed by atoms with Gasteiger partial charge in [0, 0.05) is 30.6 Å². The number of aliphatic hydroxyl groups excluding tert-OH is 3. The van der Waals surface area contributed by atoms with E-state index in [0.717, 1.165) is 35.1 Å². The fraction of sp³-hybridized carbons (Fsp3) is 0.364. The van der Waals surface area contributed by atoms with Crippen LogP contribution in [0.3, 0.4) is 0 Å². The Hall–Kier alpha value is -2.72. The number of aliphatic hydroxyl groups is 3. The lowest BCUT2D eigenvalue weighted by Crippen LogP contribution is -2.37. The average Bonchev–Trinajstić information content (AvgIpc) is 2.68. The highest BCUT2D eigenvalue weighted by Crippen LogP contribution is 2.31. The SMILES string of the molecule is N#C/C(=C\c1ccc2cccc(N3CCC3)c2c1)C(=O)CCC(O)C(O)CO. The van der Waals surface area contributed by atoms with Gasteiger partial charge in [-0.15, -0.1) is 0 Å². The van der Waals surface area contributed by atoms with E-state index in [0.29, 0.717) is 0 Å². The third-order valence-corrected chi connectivity index (χ3v) is 5.11. The molecule has 2 aromatic carbocycles. The monoisotopic (exact) mass is 380 g/mol. The lowest BCUT2D eigenvalue weighted by Gasteiger charge is -2.34. The van der Waals surface area contributed by atoms with Gasteiger partial charge in [0.25, 0.3) is 0 Å². The van der Waals surface area contributed by atoms with Crippen LogP contribution in [0.15, 0.2) is 42.0 Å². The molecular formula is C22H24N2O4. The molecule has 0 bridgehead atoms. The highest BCUT2D eigenvalue weighted by Gasteiger charge is 2.19. The van der Waals surface area contributed by atoms with Crippen LogP contribution in [-0.2, 0) is 4.79 Å². The van der Waals surface area contributed by atoms with E-state index in [1.165, 1.54) is 6.42 Å². The topological polar surface area (TPSA) is 105 Å². The second kappa shape index (κ2) is 8.98. The van der Waals surface area contributed by atoms with Gasteiger partial charge in [0.15, 0.2) is 5.78 Å². The van der Waals surface area contributed by atoms with Crippen LogP contribution in [-0.4, -0.2) is 53.0 Å². The number of benzene rings is 2. The summed E-state index contributed by atoms with van der Waals surface area (Å²) < 4.78 is 0. The summed E-state index contributed by atoms with van der Waals surface area (Å²) in [5, 5.41) is 39.4. The number of Topliss-reactive ketones (excluding diaryl/α,β-unsaturated/α-hetero) is 1. The molecule has 0 aromatic heterocycles. The van der Waals surface area contributed by atoms with Crippen molar-refractivity contribution in [2.75, 3.05) is 24.6 Å². The van der Waals surface area contributed by atoms with Gasteiger partial charge in [0.2, 0.25) is 0 Å². The Labute approximate surface area is 163 Å². The number of nitriles is 1. The third-order valence-electron chi connectivity index (χ3n) is 5.11. The molecule has 3 N–H and O–H groups in total. The first-order valence-electron chi connectivity index (χ1n) is 9.43. The van der Waals surface area contributed by atoms with Crippen molar-refractivity contribution in [3.05, 3.63) is 47.5 Å². The van der Waals surface area contributed by atoms with Gasteiger partial charge in [-0.3, -0.25) is 4.79 Å². The summed E-state index contributed by atoms with van der Waals surface area (Å²) in [4.78, 5) is 14.6. The standard InChI is InChI=1S/C22H24N2O4/c23-13-17(20(26)7-8-21(27)22(28)14-25)11-15-5-6-16-3-1-4-19(18(16)12-15)24-9-2-10-24/h1,3-6,11-12,21-22,25,27-28H,2,7-10,14H2/b17-11+. The highest BCUT2D eigenvalue weighted by molar-refractivity contribution is 6.04. The number of hydrogen-bond acceptors (Lipinski definition) is 6. The number of carbonyl (C=O) groups is 1. The van der Waals surface area contributed by atoms with Crippen LogP contribution in [0, 0.1) is 11.3 Å². The molecule has 0 aliphatic carbocycles. The van der Waals surface area contributed by atoms with Gasteiger partial charge in [0.05, 0.1) is 18.3 Å². The fourth-order valence-electron chi connectivity index (χ4n) is 3.27. The van der Waals surface area contributed by atoms with Crippen molar-refractivity contribution in [3.63, 3.8) is 0 Å². The summed E-state index contributed by atoms with van der Waals surface area (Å²) >= 11 is 0. The van der Waals surface area contributed by atoms with Gasteiger partial charge in [-0.2, -0.15) is 5.26 Å². The van der Waals surface area contributed by atoms with Crippen LogP contribution in [0.1, 0.15) is 24.8 Å². The quantitative estimate of drug-likeness (QED) is 0.478. The Morgan fingerprint density at radius 3 is 2.64 bits per heavy atom. The Bertz CT molecular complexity index is 928. The molecule has 2 unspecified atom stereocenters. The summed E-state index contributed by atoms with van der Waals surface area (Å²) in [6, 6.07) is 13.9. The maximum atomic E-state index is 12.3. The van der Waals surface area contributed by atoms with E-state index in [4.69, 9.17) is 5.11 Å². The van der Waals surface area contributed by atoms with Gasteiger partial charge in [0.1, 0.15) is 12.2 Å². The minimum Gasteiger partial charge on any atom is -0.394 e. The van der Waals surface area contributed by atoms with Gasteiger partial charge in [-0.05, 0) is 42.0 Å². The summed E-state index contributed by atoms with van der Waals surface area (Å²) in [5.74, 6) is -0.400. The lowest BCUT2D eigenvalue weighted by atomic mass is 9.99. The van der Waals surface area contributed by atoms with Crippen molar-refractivity contribution in [2.45, 2.75) is 31.5 Å². The van der Waals surface area contributed by atoms with Crippen LogP contribution in [0.5, 0.6) is 0 Å². The number of rotatable bonds is 8. The van der Waals surface area contributed by atoms with Crippen molar-refractivity contribution < 1.29 is 20.1 Å². The molecule has 146 valence electrons. The van der Waals surface area contributed by atoms with Gasteiger partial charge in [-0.1, -0.05) is 24.3 Å². The number of allylic oxidation sites excluding steroid dienone is 1. The van der Waals surface area contributed by atoms with E-state index in [9.17, 15) is 20.3 Å². The van der Waals surface area contributed by atoms with Crippen molar-refractivity contribution in [1.29, 1.82) is 5.26 Å². The predicted octanol–water partition coefficient (Wildman–Crippen LogP) is 2.02. The van der Waals surface area contributed by atoms with E-state index in [1.54, 1.807) is 6.08 Å². The van der Waals surface area contributed by atoms with Crippen molar-refractivity contribution in [1.82, 2.24) is 0 Å². The molecule has 3 rings (SSSR count). The van der Waals surface area contributed by atoms with Crippen LogP contribution < -0.4 is 4.90 Å². The van der Waals surface area contributed by atoms with E-state index < -0.39 is 24.6 Å². The van der Waals surface area contributed by atoms with Crippen LogP contribution >= 0.6 is 0 Å². The molecule has 2 atom stereocenters. The molecule has 28 heavy (non-hydrogen) atoms. The molecule has 1 saturated heterocycles. The molecule has 6 nitrogen and oxygen atoms in total. The van der Waals surface area contributed by atoms with Crippen molar-refractivity contribution >= 4 is 28.3 Å². The van der Waals surface area contributed by atoms with Gasteiger partial charge in [-0.25, -0.2) is 0 Å². The largest absolute Gasteiger partial charge is 0.394 e. The zero-order valence-corrected chi connectivity index (χ0v) is 15.6. The average molecular weight is 380 g/mol. The molecule has 1 fully saturated rings. The second-order valence-electron chi connectivity index (χ2n) is 7.05. The third kappa shape index (κ3) is 4.39. The van der Waals surface area contributed by atoms with Crippen molar-refractivity contribution in [3.8, 4) is 6.07 Å². The molecule has 2 aromatic rings. The number of fused-ring (bicyclic) bond motifs is 1. The van der Waals surface area contributed by atoms with E-state index in [-0.39, 0.29) is 18.4 Å². The maximum Gasteiger partial charge on any atom is 0.173 e. The minimum absolute atomic E-state index is 0.00599. The first-order valence-corrected chi connectivity index (χ1v) is 9.43. The highest BCUT2D eigenvalue weighted by atomic mass is 16.4. The molecule has 0 amide bonds. The summed E-state index contributed by atoms with van der Waals surface area (Å²) in [6.07, 6.45) is 0.153. The maximum absolute atomic E-state index is 12.3. The molecule has 0 saturated carbocycles. The first kappa shape index (κ1) is 20.0. The van der Waals surface area contributed by atoms with Gasteiger partial charge < -0.3 is 20.2 Å². The molecule has 0 radical (unpaired) electrons. The smallest absolute Gasteiger partial charge is 0.173 e. The Morgan fingerprint density at radius 2 is 2.00 bits per heavy atom.